The Balaban J connectivity index is 2.25. The summed E-state index contributed by atoms with van der Waals surface area (Å²) in [5.74, 6) is -0.368. The van der Waals surface area contributed by atoms with Gasteiger partial charge >= 0.3 is 7.12 Å². The van der Waals surface area contributed by atoms with Crippen LogP contribution in [0, 0.1) is 0 Å². The Kier molecular flexibility index (Phi) is 4.47. The number of benzene rings is 1. The summed E-state index contributed by atoms with van der Waals surface area (Å²) in [5.41, 5.74) is 1.62. The zero-order valence-corrected chi connectivity index (χ0v) is 11.3. The molecule has 1 aromatic carbocycles. The highest BCUT2D eigenvalue weighted by Gasteiger charge is 2.29. The minimum Gasteiger partial charge on any atom is -0.423 e. The number of halogens is 1. The topological polar surface area (TPSA) is 78.8 Å². The second kappa shape index (κ2) is 5.92. The summed E-state index contributed by atoms with van der Waals surface area (Å²) < 4.78 is 5.06. The third-order valence-corrected chi connectivity index (χ3v) is 3.50. The molecule has 5 nitrogen and oxygen atoms in total. The number of hydrogen-bond acceptors (Lipinski definition) is 4. The molecule has 0 radical (unpaired) electrons. The second-order valence-electron chi connectivity index (χ2n) is 4.46. The lowest BCUT2D eigenvalue weighted by Gasteiger charge is -2.15. The molecule has 0 saturated carbocycles. The molecule has 7 heteroatoms. The molecule has 19 heavy (non-hydrogen) atoms. The second-order valence-corrected chi connectivity index (χ2v) is 4.86. The van der Waals surface area contributed by atoms with Crippen molar-refractivity contribution in [3.05, 3.63) is 28.3 Å². The fraction of sp³-hybridized carbons (Fsp3) is 0.417. The monoisotopic (exact) mass is 283 g/mol. The number of nitrogens with one attached hydrogen (secondary N) is 1. The molecule has 1 aliphatic heterocycles. The van der Waals surface area contributed by atoms with Crippen molar-refractivity contribution in [1.29, 1.82) is 0 Å². The number of fused-ring (bicyclic) bond motifs is 1. The molecule has 0 spiro atoms. The molecule has 1 unspecified atom stereocenters. The van der Waals surface area contributed by atoms with Crippen molar-refractivity contribution in [2.24, 2.45) is 0 Å². The molecule has 102 valence electrons. The van der Waals surface area contributed by atoms with Crippen molar-refractivity contribution in [3.8, 4) is 0 Å². The lowest BCUT2D eigenvalue weighted by atomic mass is 9.78. The maximum absolute atomic E-state index is 12.1. The summed E-state index contributed by atoms with van der Waals surface area (Å²) in [6.07, 6.45) is 0.622. The van der Waals surface area contributed by atoms with Gasteiger partial charge in [-0.2, -0.15) is 0 Å². The van der Waals surface area contributed by atoms with Crippen LogP contribution in [0.1, 0.15) is 29.3 Å². The standard InChI is InChI=1S/C12H15BClNO4/c1-2-8(5-16)15-12(17)9-4-10-7(3-11(9)14)6-19-13(10)18/h3-4,8,16,18H,2,5-6H2,1H3,(H,15,17). The van der Waals surface area contributed by atoms with Gasteiger partial charge < -0.3 is 20.1 Å². The molecular weight excluding hydrogens is 268 g/mol. The number of carbonyl (C=O) groups excluding carboxylic acids is 1. The highest BCUT2D eigenvalue weighted by atomic mass is 35.5. The first-order valence-electron chi connectivity index (χ1n) is 6.10. The first-order chi connectivity index (χ1) is 9.06. The van der Waals surface area contributed by atoms with Gasteiger partial charge in [-0.15, -0.1) is 0 Å². The Labute approximate surface area is 116 Å². The molecule has 1 amide bonds. The molecular formula is C12H15BClNO4. The minimum atomic E-state index is -1.02. The van der Waals surface area contributed by atoms with E-state index in [1.807, 2.05) is 6.92 Å². The van der Waals surface area contributed by atoms with Gasteiger partial charge in [0.15, 0.2) is 0 Å². The predicted octanol–water partition coefficient (Wildman–Crippen LogP) is 0.0584. The van der Waals surface area contributed by atoms with Crippen molar-refractivity contribution in [1.82, 2.24) is 5.32 Å². The Bertz CT molecular complexity index is 493. The normalized spacial score (nSPS) is 15.3. The van der Waals surface area contributed by atoms with Gasteiger partial charge in [0.25, 0.3) is 5.91 Å². The van der Waals surface area contributed by atoms with E-state index in [0.717, 1.165) is 5.56 Å². The fourth-order valence-electron chi connectivity index (χ4n) is 1.96. The third-order valence-electron chi connectivity index (χ3n) is 3.18. The highest BCUT2D eigenvalue weighted by molar-refractivity contribution is 6.61. The molecule has 0 aliphatic carbocycles. The number of carbonyl (C=O) groups is 1. The van der Waals surface area contributed by atoms with E-state index in [0.29, 0.717) is 16.9 Å². The van der Waals surface area contributed by atoms with Gasteiger partial charge in [-0.1, -0.05) is 18.5 Å². The molecule has 0 fully saturated rings. The Hall–Kier alpha value is -1.08. The maximum atomic E-state index is 12.1. The van der Waals surface area contributed by atoms with Gasteiger partial charge in [0, 0.05) is 0 Å². The molecule has 1 aliphatic rings. The van der Waals surface area contributed by atoms with Crippen LogP contribution in [0.2, 0.25) is 5.02 Å². The molecule has 0 bridgehead atoms. The van der Waals surface area contributed by atoms with Crippen LogP contribution in [0.15, 0.2) is 12.1 Å². The number of aliphatic hydroxyl groups excluding tert-OH is 1. The van der Waals surface area contributed by atoms with Gasteiger partial charge in [0.2, 0.25) is 0 Å². The highest BCUT2D eigenvalue weighted by Crippen LogP contribution is 2.20. The van der Waals surface area contributed by atoms with E-state index in [2.05, 4.69) is 5.32 Å². The van der Waals surface area contributed by atoms with Gasteiger partial charge in [-0.05, 0) is 29.6 Å². The van der Waals surface area contributed by atoms with Gasteiger partial charge in [-0.25, -0.2) is 0 Å². The average Bonchev–Trinajstić information content (AvgIpc) is 2.75. The molecule has 1 heterocycles. The van der Waals surface area contributed by atoms with Crippen LogP contribution in [0.3, 0.4) is 0 Å². The van der Waals surface area contributed by atoms with Gasteiger partial charge in [-0.3, -0.25) is 4.79 Å². The van der Waals surface area contributed by atoms with E-state index in [1.165, 1.54) is 6.07 Å². The van der Waals surface area contributed by atoms with Crippen LogP contribution < -0.4 is 10.8 Å². The lowest BCUT2D eigenvalue weighted by molar-refractivity contribution is 0.0915. The summed E-state index contributed by atoms with van der Waals surface area (Å²) in [6, 6.07) is 2.86. The van der Waals surface area contributed by atoms with Crippen LogP contribution in [0.25, 0.3) is 0 Å². The average molecular weight is 284 g/mol. The van der Waals surface area contributed by atoms with Crippen molar-refractivity contribution in [3.63, 3.8) is 0 Å². The number of rotatable bonds is 4. The van der Waals surface area contributed by atoms with Crippen molar-refractivity contribution < 1.29 is 19.6 Å². The van der Waals surface area contributed by atoms with E-state index < -0.39 is 7.12 Å². The summed E-state index contributed by atoms with van der Waals surface area (Å²) in [5, 5.41) is 21.7. The summed E-state index contributed by atoms with van der Waals surface area (Å²) in [6.45, 7) is 2.02. The van der Waals surface area contributed by atoms with Crippen LogP contribution in [-0.2, 0) is 11.3 Å². The lowest BCUT2D eigenvalue weighted by Crippen LogP contribution is -2.38. The zero-order chi connectivity index (χ0) is 14.0. The quantitative estimate of drug-likeness (QED) is 0.683. The largest absolute Gasteiger partial charge is 0.491 e. The Morgan fingerprint density at radius 1 is 1.63 bits per heavy atom. The van der Waals surface area contributed by atoms with Crippen molar-refractivity contribution in [2.45, 2.75) is 26.0 Å². The first kappa shape index (κ1) is 14.3. The predicted molar refractivity (Wildman–Crippen MR) is 72.5 cm³/mol. The van der Waals surface area contributed by atoms with E-state index in [1.54, 1.807) is 6.07 Å². The van der Waals surface area contributed by atoms with Crippen molar-refractivity contribution in [2.75, 3.05) is 6.61 Å². The Morgan fingerprint density at radius 3 is 3.00 bits per heavy atom. The van der Waals surface area contributed by atoms with Gasteiger partial charge in [0.05, 0.1) is 29.8 Å². The van der Waals surface area contributed by atoms with Crippen LogP contribution in [0.4, 0.5) is 0 Å². The number of amides is 1. The van der Waals surface area contributed by atoms with Crippen molar-refractivity contribution >= 4 is 30.1 Å². The summed E-state index contributed by atoms with van der Waals surface area (Å²) in [4.78, 5) is 12.1. The van der Waals surface area contributed by atoms with Crippen LogP contribution >= 0.6 is 11.6 Å². The Morgan fingerprint density at radius 2 is 2.37 bits per heavy atom. The zero-order valence-electron chi connectivity index (χ0n) is 10.5. The number of aliphatic hydroxyl groups is 1. The molecule has 0 saturated heterocycles. The maximum Gasteiger partial charge on any atom is 0.491 e. The molecule has 1 aromatic rings. The summed E-state index contributed by atoms with van der Waals surface area (Å²) in [7, 11) is -1.02. The van der Waals surface area contributed by atoms with E-state index in [4.69, 9.17) is 21.4 Å². The smallest absolute Gasteiger partial charge is 0.423 e. The minimum absolute atomic E-state index is 0.128. The summed E-state index contributed by atoms with van der Waals surface area (Å²) >= 11 is 6.06. The molecule has 0 aromatic heterocycles. The van der Waals surface area contributed by atoms with Crippen LogP contribution in [0.5, 0.6) is 0 Å². The molecule has 2 rings (SSSR count). The molecule has 1 atom stereocenters. The van der Waals surface area contributed by atoms with E-state index in [9.17, 15) is 9.82 Å². The number of hydrogen-bond donors (Lipinski definition) is 3. The fourth-order valence-corrected chi connectivity index (χ4v) is 2.23. The van der Waals surface area contributed by atoms with E-state index >= 15 is 0 Å². The third kappa shape index (κ3) is 2.92. The molecule has 3 N–H and O–H groups in total. The van der Waals surface area contributed by atoms with Gasteiger partial charge in [0.1, 0.15) is 0 Å². The van der Waals surface area contributed by atoms with E-state index in [-0.39, 0.29) is 30.7 Å². The first-order valence-corrected chi connectivity index (χ1v) is 6.48. The van der Waals surface area contributed by atoms with Crippen LogP contribution in [-0.4, -0.2) is 35.8 Å². The SMILES string of the molecule is CCC(CO)NC(=O)c1cc2c(cc1Cl)COB2O.